The first-order chi connectivity index (χ1) is 9.23. The van der Waals surface area contributed by atoms with E-state index in [1.54, 1.807) is 0 Å². The Morgan fingerprint density at radius 2 is 2.20 bits per heavy atom. The van der Waals surface area contributed by atoms with Gasteiger partial charge >= 0.3 is 0 Å². The molecule has 0 amide bonds. The highest BCUT2D eigenvalue weighted by Gasteiger charge is 2.51. The van der Waals surface area contributed by atoms with Crippen LogP contribution in [0.25, 0.3) is 0 Å². The first-order valence-electron chi connectivity index (χ1n) is 7.24. The second-order valence-corrected chi connectivity index (χ2v) is 7.59. The van der Waals surface area contributed by atoms with Crippen LogP contribution in [0.5, 0.6) is 0 Å². The Bertz CT molecular complexity index is 453. The van der Waals surface area contributed by atoms with Gasteiger partial charge in [0.05, 0.1) is 0 Å². The molecule has 1 aliphatic rings. The molecule has 0 heterocycles. The van der Waals surface area contributed by atoms with E-state index in [-0.39, 0.29) is 11.7 Å². The number of thioether (sulfide) groups is 1. The molecule has 0 radical (unpaired) electrons. The third-order valence-corrected chi connectivity index (χ3v) is 4.89. The quantitative estimate of drug-likeness (QED) is 0.640. The molecule has 0 aromatic heterocycles. The minimum absolute atomic E-state index is 0.121. The molecular weight excluding hydrogens is 268 g/mol. The molecule has 1 N–H and O–H groups in total. The number of hydrogen-bond acceptors (Lipinski definition) is 3. The van der Waals surface area contributed by atoms with Gasteiger partial charge in [-0.15, -0.1) is 0 Å². The van der Waals surface area contributed by atoms with Gasteiger partial charge in [-0.1, -0.05) is 45.6 Å². The van der Waals surface area contributed by atoms with Gasteiger partial charge in [-0.2, -0.15) is 11.8 Å². The van der Waals surface area contributed by atoms with Crippen molar-refractivity contribution in [2.24, 2.45) is 11.3 Å². The largest absolute Gasteiger partial charge is 0.377 e. The molecule has 0 aromatic carbocycles. The van der Waals surface area contributed by atoms with Crippen LogP contribution in [0.4, 0.5) is 0 Å². The summed E-state index contributed by atoms with van der Waals surface area (Å²) in [7, 11) is 0. The van der Waals surface area contributed by atoms with Gasteiger partial charge in [0.2, 0.25) is 0 Å². The summed E-state index contributed by atoms with van der Waals surface area (Å²) in [6.07, 6.45) is 2.91. The average Bonchev–Trinajstić information content (AvgIpc) is 2.33. The number of rotatable bonds is 3. The first-order valence-corrected chi connectivity index (χ1v) is 8.40. The van der Waals surface area contributed by atoms with Gasteiger partial charge in [-0.3, -0.25) is 4.79 Å². The van der Waals surface area contributed by atoms with Crippen molar-refractivity contribution in [3.05, 3.63) is 11.6 Å². The Morgan fingerprint density at radius 1 is 1.55 bits per heavy atom. The topological polar surface area (TPSA) is 37.3 Å². The van der Waals surface area contributed by atoms with Gasteiger partial charge in [-0.05, 0) is 18.2 Å². The predicted molar refractivity (Wildman–Crippen MR) is 86.7 cm³/mol. The van der Waals surface area contributed by atoms with Gasteiger partial charge in [0.1, 0.15) is 11.4 Å². The normalized spacial score (nSPS) is 29.8. The molecule has 0 spiro atoms. The van der Waals surface area contributed by atoms with Gasteiger partial charge < -0.3 is 5.11 Å². The lowest BCUT2D eigenvalue weighted by molar-refractivity contribution is -0.140. The lowest BCUT2D eigenvalue weighted by Gasteiger charge is -2.46. The van der Waals surface area contributed by atoms with E-state index < -0.39 is 11.0 Å². The van der Waals surface area contributed by atoms with E-state index in [9.17, 15) is 9.90 Å². The van der Waals surface area contributed by atoms with Crippen molar-refractivity contribution in [1.29, 1.82) is 0 Å². The Labute approximate surface area is 127 Å². The van der Waals surface area contributed by atoms with Crippen molar-refractivity contribution in [2.75, 3.05) is 11.5 Å². The molecule has 0 saturated heterocycles. The second-order valence-electron chi connectivity index (χ2n) is 6.27. The molecule has 3 heteroatoms. The van der Waals surface area contributed by atoms with Crippen molar-refractivity contribution in [3.8, 4) is 11.8 Å². The van der Waals surface area contributed by atoms with Crippen molar-refractivity contribution in [1.82, 2.24) is 0 Å². The smallest absolute Gasteiger partial charge is 0.134 e. The first kappa shape index (κ1) is 17.3. The third-order valence-electron chi connectivity index (χ3n) is 4.08. The lowest BCUT2D eigenvalue weighted by Crippen LogP contribution is -2.53. The van der Waals surface area contributed by atoms with Gasteiger partial charge in [0.15, 0.2) is 0 Å². The minimum Gasteiger partial charge on any atom is -0.377 e. The summed E-state index contributed by atoms with van der Waals surface area (Å²) in [4.78, 5) is 11.7. The van der Waals surface area contributed by atoms with E-state index in [0.717, 1.165) is 17.1 Å². The van der Waals surface area contributed by atoms with Gasteiger partial charge in [0, 0.05) is 29.9 Å². The fourth-order valence-electron chi connectivity index (χ4n) is 2.70. The maximum Gasteiger partial charge on any atom is 0.134 e. The highest BCUT2D eigenvalue weighted by atomic mass is 32.2. The summed E-state index contributed by atoms with van der Waals surface area (Å²) >= 11 is 1.85. The molecule has 0 aromatic rings. The maximum absolute atomic E-state index is 11.7. The molecule has 1 saturated carbocycles. The molecule has 2 atom stereocenters. The Kier molecular flexibility index (Phi) is 5.91. The van der Waals surface area contributed by atoms with Crippen molar-refractivity contribution in [3.63, 3.8) is 0 Å². The third kappa shape index (κ3) is 3.90. The number of ketones is 1. The van der Waals surface area contributed by atoms with Gasteiger partial charge in [-0.25, -0.2) is 0 Å². The molecule has 2 nitrogen and oxygen atoms in total. The molecule has 1 aliphatic carbocycles. The number of allylic oxidation sites excluding steroid dienone is 1. The fraction of sp³-hybridized carbons (Fsp3) is 0.706. The monoisotopic (exact) mass is 294 g/mol. The Morgan fingerprint density at radius 3 is 2.75 bits per heavy atom. The van der Waals surface area contributed by atoms with Crippen LogP contribution in [0.1, 0.15) is 47.5 Å². The molecule has 20 heavy (non-hydrogen) atoms. The van der Waals surface area contributed by atoms with Crippen LogP contribution in [0.3, 0.4) is 0 Å². The number of carbonyl (C=O) groups is 1. The van der Waals surface area contributed by atoms with Crippen LogP contribution in [0, 0.1) is 23.2 Å². The SMILES string of the molecule is CCSC/C=C(/C)C#C[C@@]1(O)[C@@H](C)CC(=O)CC1(C)C. The zero-order valence-corrected chi connectivity index (χ0v) is 14.1. The number of aliphatic hydroxyl groups is 1. The van der Waals surface area contributed by atoms with Crippen LogP contribution in [-0.2, 0) is 4.79 Å². The van der Waals surface area contributed by atoms with E-state index in [0.29, 0.717) is 12.8 Å². The Hall–Kier alpha value is -0.720. The fourth-order valence-corrected chi connectivity index (χ4v) is 3.30. The van der Waals surface area contributed by atoms with Crippen LogP contribution in [-0.4, -0.2) is 28.0 Å². The van der Waals surface area contributed by atoms with Crippen molar-refractivity contribution < 1.29 is 9.90 Å². The molecular formula is C17H26O2S. The standard InChI is InChI=1S/C17H26O2S/c1-6-20-10-8-13(2)7-9-17(19)14(3)11-15(18)12-16(17,4)5/h8,14,19H,6,10-12H2,1-5H3/b13-8-/t14-,17+/m0/s1. The lowest BCUT2D eigenvalue weighted by atomic mass is 9.60. The van der Waals surface area contributed by atoms with Crippen LogP contribution in [0.2, 0.25) is 0 Å². The van der Waals surface area contributed by atoms with E-state index in [1.165, 1.54) is 0 Å². The molecule has 0 unspecified atom stereocenters. The minimum atomic E-state index is -1.09. The zero-order chi connectivity index (χ0) is 15.4. The van der Waals surface area contributed by atoms with E-state index in [4.69, 9.17) is 0 Å². The zero-order valence-electron chi connectivity index (χ0n) is 13.2. The number of carbonyl (C=O) groups excluding carboxylic acids is 1. The molecule has 112 valence electrons. The second kappa shape index (κ2) is 6.83. The number of hydrogen-bond donors (Lipinski definition) is 1. The van der Waals surface area contributed by atoms with E-state index >= 15 is 0 Å². The van der Waals surface area contributed by atoms with Crippen LogP contribution in [0.15, 0.2) is 11.6 Å². The molecule has 1 fully saturated rings. The number of Topliss-reactive ketones (excluding diaryl/α,β-unsaturated/α-hetero) is 1. The highest BCUT2D eigenvalue weighted by molar-refractivity contribution is 7.99. The van der Waals surface area contributed by atoms with E-state index in [1.807, 2.05) is 39.5 Å². The van der Waals surface area contributed by atoms with Crippen LogP contribution < -0.4 is 0 Å². The summed E-state index contributed by atoms with van der Waals surface area (Å²) in [6.45, 7) is 9.88. The predicted octanol–water partition coefficient (Wildman–Crippen LogP) is 3.45. The van der Waals surface area contributed by atoms with Crippen molar-refractivity contribution in [2.45, 2.75) is 53.1 Å². The molecule has 1 rings (SSSR count). The molecule has 0 bridgehead atoms. The summed E-state index contributed by atoms with van der Waals surface area (Å²) in [5.41, 5.74) is -0.597. The summed E-state index contributed by atoms with van der Waals surface area (Å²) in [5.74, 6) is 8.29. The molecule has 0 aliphatic heterocycles. The van der Waals surface area contributed by atoms with Crippen molar-refractivity contribution >= 4 is 17.5 Å². The average molecular weight is 294 g/mol. The highest BCUT2D eigenvalue weighted by Crippen LogP contribution is 2.45. The van der Waals surface area contributed by atoms with Crippen LogP contribution >= 0.6 is 11.8 Å². The van der Waals surface area contributed by atoms with E-state index in [2.05, 4.69) is 24.8 Å². The maximum atomic E-state index is 11.7. The Balaban J connectivity index is 2.93. The summed E-state index contributed by atoms with van der Waals surface area (Å²) < 4.78 is 0. The van der Waals surface area contributed by atoms with Gasteiger partial charge in [0.25, 0.3) is 0 Å². The summed E-state index contributed by atoms with van der Waals surface area (Å²) in [5, 5.41) is 10.9. The summed E-state index contributed by atoms with van der Waals surface area (Å²) in [6, 6.07) is 0.